The quantitative estimate of drug-likeness (QED) is 0.488. The second kappa shape index (κ2) is 7.88. The van der Waals surface area contributed by atoms with Gasteiger partial charge in [-0.3, -0.25) is 0 Å². The summed E-state index contributed by atoms with van der Waals surface area (Å²) in [5.74, 6) is 0. The van der Waals surface area contributed by atoms with Crippen LogP contribution in [-0.2, 0) is 6.61 Å². The van der Waals surface area contributed by atoms with Gasteiger partial charge < -0.3 is 10.6 Å². The van der Waals surface area contributed by atoms with Gasteiger partial charge in [-0.1, -0.05) is 30.3 Å². The molecule has 10 heavy (non-hydrogen) atoms. The van der Waals surface area contributed by atoms with Crippen molar-refractivity contribution in [2.75, 3.05) is 0 Å². The third-order valence-electron chi connectivity index (χ3n) is 1.03. The fourth-order valence-electron chi connectivity index (χ4n) is 0.583. The van der Waals surface area contributed by atoms with Gasteiger partial charge in [-0.15, -0.1) is 0 Å². The average molecular weight is 164 g/mol. The van der Waals surface area contributed by atoms with Crippen molar-refractivity contribution in [1.82, 2.24) is 0 Å². The molecule has 50 valence electrons. The van der Waals surface area contributed by atoms with Crippen LogP contribution in [0.2, 0.25) is 0 Å². The van der Waals surface area contributed by atoms with Gasteiger partial charge in [0.1, 0.15) is 0 Å². The molecule has 1 aromatic rings. The number of benzene rings is 1. The first kappa shape index (κ1) is 13.4. The van der Waals surface area contributed by atoms with Crippen LogP contribution in [0, 0.1) is 0 Å². The van der Waals surface area contributed by atoms with E-state index in [1.165, 1.54) is 0 Å². The Morgan fingerprint density at radius 1 is 1.10 bits per heavy atom. The van der Waals surface area contributed by atoms with Crippen molar-refractivity contribution in [3.63, 3.8) is 0 Å². The van der Waals surface area contributed by atoms with Crippen LogP contribution in [0.1, 0.15) is 5.56 Å². The van der Waals surface area contributed by atoms with E-state index >= 15 is 0 Å². The molecule has 0 aromatic heterocycles. The van der Waals surface area contributed by atoms with Gasteiger partial charge in [0.2, 0.25) is 0 Å². The van der Waals surface area contributed by atoms with Gasteiger partial charge >= 0.3 is 51.4 Å². The molecule has 0 heterocycles. The molecule has 0 saturated heterocycles. The molecule has 0 spiro atoms. The second-order valence-electron chi connectivity index (χ2n) is 1.64. The van der Waals surface area contributed by atoms with Crippen LogP contribution in [0.3, 0.4) is 0 Å². The van der Waals surface area contributed by atoms with Crippen molar-refractivity contribution in [2.45, 2.75) is 6.61 Å². The molecule has 0 aliphatic heterocycles. The minimum atomic E-state index is 0. The van der Waals surface area contributed by atoms with E-state index in [1.54, 1.807) is 0 Å². The predicted molar refractivity (Wildman–Crippen MR) is 34.3 cm³/mol. The molecular formula is C7H9KO2. The fourth-order valence-corrected chi connectivity index (χ4v) is 0.583. The van der Waals surface area contributed by atoms with Crippen LogP contribution < -0.4 is 51.4 Å². The smallest absolute Gasteiger partial charge is 0.870 e. The molecule has 3 heteroatoms. The molecule has 2 nitrogen and oxygen atoms in total. The second-order valence-corrected chi connectivity index (χ2v) is 1.64. The number of aliphatic hydroxyl groups is 1. The Balaban J connectivity index is 0. The van der Waals surface area contributed by atoms with Gasteiger partial charge in [0, 0.05) is 0 Å². The maximum absolute atomic E-state index is 8.54. The van der Waals surface area contributed by atoms with E-state index in [4.69, 9.17) is 5.11 Å². The molecule has 0 unspecified atom stereocenters. The van der Waals surface area contributed by atoms with Crippen molar-refractivity contribution in [3.8, 4) is 0 Å². The van der Waals surface area contributed by atoms with Crippen LogP contribution in [0.15, 0.2) is 30.3 Å². The summed E-state index contributed by atoms with van der Waals surface area (Å²) in [7, 11) is 0. The molecule has 0 amide bonds. The number of hydrogen-bond donors (Lipinski definition) is 1. The third-order valence-corrected chi connectivity index (χ3v) is 1.03. The minimum absolute atomic E-state index is 0. The Hall–Kier alpha value is 0.776. The Morgan fingerprint density at radius 3 is 1.90 bits per heavy atom. The topological polar surface area (TPSA) is 50.2 Å². The van der Waals surface area contributed by atoms with Gasteiger partial charge in [0.05, 0.1) is 6.61 Å². The fraction of sp³-hybridized carbons (Fsp3) is 0.143. The van der Waals surface area contributed by atoms with Crippen LogP contribution in [0.5, 0.6) is 0 Å². The van der Waals surface area contributed by atoms with E-state index in [1.807, 2.05) is 30.3 Å². The molecular weight excluding hydrogens is 155 g/mol. The van der Waals surface area contributed by atoms with Crippen LogP contribution in [0.25, 0.3) is 0 Å². The van der Waals surface area contributed by atoms with E-state index in [-0.39, 0.29) is 63.5 Å². The van der Waals surface area contributed by atoms with E-state index in [0.29, 0.717) is 0 Å². The van der Waals surface area contributed by atoms with Gasteiger partial charge in [-0.2, -0.15) is 0 Å². The van der Waals surface area contributed by atoms with Crippen LogP contribution in [-0.4, -0.2) is 10.6 Å². The average Bonchev–Trinajstić information content (AvgIpc) is 1.90. The van der Waals surface area contributed by atoms with Gasteiger partial charge in [-0.25, -0.2) is 0 Å². The standard InChI is InChI=1S/C7H8O.K.H2O/c8-6-7-4-2-1-3-5-7;;/h1-5,8H,6H2;;1H2/q;+1;/p-1. The zero-order chi connectivity index (χ0) is 5.82. The monoisotopic (exact) mass is 164 g/mol. The third kappa shape index (κ3) is 4.57. The zero-order valence-electron chi connectivity index (χ0n) is 5.99. The largest absolute Gasteiger partial charge is 1.00 e. The molecule has 0 radical (unpaired) electrons. The van der Waals surface area contributed by atoms with Gasteiger partial charge in [-0.05, 0) is 5.56 Å². The molecule has 0 fully saturated rings. The van der Waals surface area contributed by atoms with Crippen molar-refractivity contribution < 1.29 is 62.0 Å². The molecule has 1 rings (SSSR count). The Labute approximate surface area is 103 Å². The summed E-state index contributed by atoms with van der Waals surface area (Å²) in [6.07, 6.45) is 0. The Morgan fingerprint density at radius 2 is 1.60 bits per heavy atom. The van der Waals surface area contributed by atoms with Gasteiger partial charge in [0.15, 0.2) is 0 Å². The number of hydrogen-bond acceptors (Lipinski definition) is 2. The van der Waals surface area contributed by atoms with Crippen molar-refractivity contribution in [1.29, 1.82) is 0 Å². The molecule has 2 N–H and O–H groups in total. The SMILES string of the molecule is OCc1ccccc1.[K+].[OH-]. The number of rotatable bonds is 1. The maximum atomic E-state index is 8.54. The van der Waals surface area contributed by atoms with Crippen LogP contribution in [0.4, 0.5) is 0 Å². The van der Waals surface area contributed by atoms with Crippen molar-refractivity contribution in [3.05, 3.63) is 35.9 Å². The summed E-state index contributed by atoms with van der Waals surface area (Å²) < 4.78 is 0. The summed E-state index contributed by atoms with van der Waals surface area (Å²) in [5.41, 5.74) is 0.965. The number of aliphatic hydroxyl groups excluding tert-OH is 1. The predicted octanol–water partition coefficient (Wildman–Crippen LogP) is -1.99. The van der Waals surface area contributed by atoms with E-state index in [9.17, 15) is 0 Å². The van der Waals surface area contributed by atoms with Gasteiger partial charge in [0.25, 0.3) is 0 Å². The summed E-state index contributed by atoms with van der Waals surface area (Å²) in [4.78, 5) is 0. The summed E-state index contributed by atoms with van der Waals surface area (Å²) >= 11 is 0. The van der Waals surface area contributed by atoms with E-state index in [0.717, 1.165) is 5.56 Å². The van der Waals surface area contributed by atoms with Crippen LogP contribution >= 0.6 is 0 Å². The molecule has 0 saturated carbocycles. The minimum Gasteiger partial charge on any atom is -0.870 e. The molecule has 0 atom stereocenters. The Bertz CT molecular complexity index is 153. The summed E-state index contributed by atoms with van der Waals surface area (Å²) in [5, 5.41) is 8.54. The summed E-state index contributed by atoms with van der Waals surface area (Å²) in [6.45, 7) is 0.140. The van der Waals surface area contributed by atoms with E-state index < -0.39 is 0 Å². The molecule has 1 aromatic carbocycles. The molecule has 0 aliphatic carbocycles. The zero-order valence-corrected chi connectivity index (χ0v) is 9.11. The first-order valence-corrected chi connectivity index (χ1v) is 2.58. The Kier molecular flexibility index (Phi) is 10.5. The molecule has 0 aliphatic rings. The maximum Gasteiger partial charge on any atom is 1.00 e. The first-order chi connectivity index (χ1) is 3.93. The molecule has 0 bridgehead atoms. The first-order valence-electron chi connectivity index (χ1n) is 2.58. The normalized spacial score (nSPS) is 7.30. The summed E-state index contributed by atoms with van der Waals surface area (Å²) in [6, 6.07) is 9.52. The van der Waals surface area contributed by atoms with E-state index in [2.05, 4.69) is 0 Å². The van der Waals surface area contributed by atoms with Crippen molar-refractivity contribution in [2.24, 2.45) is 0 Å². The van der Waals surface area contributed by atoms with Crippen molar-refractivity contribution >= 4 is 0 Å².